The topological polar surface area (TPSA) is 83.7 Å². The lowest BCUT2D eigenvalue weighted by molar-refractivity contribution is 0.488. The number of fused-ring (bicyclic) bond motifs is 2. The van der Waals surface area contributed by atoms with Crippen LogP contribution < -0.4 is 10.1 Å². The lowest BCUT2D eigenvalue weighted by Crippen LogP contribution is -1.99. The second-order valence-electron chi connectivity index (χ2n) is 8.35. The van der Waals surface area contributed by atoms with E-state index in [2.05, 4.69) is 26.6 Å². The van der Waals surface area contributed by atoms with Crippen molar-refractivity contribution in [3.8, 4) is 28.8 Å². The van der Waals surface area contributed by atoms with Gasteiger partial charge in [0.05, 0.1) is 17.1 Å². The van der Waals surface area contributed by atoms with Gasteiger partial charge >= 0.3 is 0 Å². The van der Waals surface area contributed by atoms with Crippen LogP contribution in [0.1, 0.15) is 5.56 Å². The van der Waals surface area contributed by atoms with E-state index in [0.29, 0.717) is 33.4 Å². The zero-order chi connectivity index (χ0) is 25.2. The average Bonchev–Trinajstić information content (AvgIpc) is 2.95. The van der Waals surface area contributed by atoms with Crippen molar-refractivity contribution in [1.29, 1.82) is 5.26 Å². The van der Waals surface area contributed by atoms with Crippen LogP contribution in [0, 0.1) is 11.3 Å². The fourth-order valence-corrected chi connectivity index (χ4v) is 4.29. The van der Waals surface area contributed by atoms with Crippen molar-refractivity contribution in [2.75, 3.05) is 5.32 Å². The van der Waals surface area contributed by atoms with Crippen molar-refractivity contribution in [3.05, 3.63) is 114 Å². The Balaban J connectivity index is 1.26. The highest BCUT2D eigenvalue weighted by Crippen LogP contribution is 2.33. The van der Waals surface area contributed by atoms with Crippen LogP contribution in [0.25, 0.3) is 32.9 Å². The number of halogens is 1. The minimum Gasteiger partial charge on any atom is -0.457 e. The number of anilines is 2. The number of nitrogens with one attached hydrogen (secondary N) is 1. The largest absolute Gasteiger partial charge is 0.457 e. The van der Waals surface area contributed by atoms with Crippen LogP contribution >= 0.6 is 11.6 Å². The van der Waals surface area contributed by atoms with Crippen molar-refractivity contribution in [3.63, 3.8) is 0 Å². The molecule has 0 aliphatic heterocycles. The van der Waals surface area contributed by atoms with Crippen LogP contribution in [0.2, 0.25) is 5.02 Å². The number of nitriles is 1. The van der Waals surface area contributed by atoms with E-state index in [1.165, 1.54) is 0 Å². The van der Waals surface area contributed by atoms with Gasteiger partial charge in [0.25, 0.3) is 0 Å². The maximum Gasteiger partial charge on any atom is 0.161 e. The van der Waals surface area contributed by atoms with Crippen molar-refractivity contribution < 1.29 is 4.74 Å². The number of hydrogen-bond acceptors (Lipinski definition) is 6. The first-order chi connectivity index (χ1) is 18.2. The van der Waals surface area contributed by atoms with E-state index < -0.39 is 0 Å². The molecule has 0 amide bonds. The maximum absolute atomic E-state index is 9.14. The molecule has 6 aromatic rings. The Hall–Kier alpha value is -4.99. The van der Waals surface area contributed by atoms with Gasteiger partial charge in [-0.3, -0.25) is 4.98 Å². The van der Waals surface area contributed by atoms with Gasteiger partial charge in [-0.05, 0) is 60.7 Å². The smallest absolute Gasteiger partial charge is 0.161 e. The Labute approximate surface area is 217 Å². The molecule has 2 aromatic heterocycles. The fraction of sp³-hybridized carbons (Fsp3) is 0. The summed E-state index contributed by atoms with van der Waals surface area (Å²) in [6, 6.07) is 32.5. The van der Waals surface area contributed by atoms with Gasteiger partial charge in [0.1, 0.15) is 17.2 Å². The minimum absolute atomic E-state index is 0.560. The van der Waals surface area contributed by atoms with Gasteiger partial charge < -0.3 is 10.1 Å². The van der Waals surface area contributed by atoms with E-state index in [-0.39, 0.29) is 0 Å². The third-order valence-corrected chi connectivity index (χ3v) is 6.23. The molecule has 0 radical (unpaired) electrons. The highest BCUT2D eigenvalue weighted by atomic mass is 35.5. The summed E-state index contributed by atoms with van der Waals surface area (Å²) in [5.74, 6) is 2.01. The number of benzene rings is 4. The molecule has 37 heavy (non-hydrogen) atoms. The molecule has 0 saturated heterocycles. The molecule has 0 atom stereocenters. The predicted molar refractivity (Wildman–Crippen MR) is 146 cm³/mol. The Morgan fingerprint density at radius 2 is 1.57 bits per heavy atom. The molecule has 0 aliphatic rings. The molecule has 6 nitrogen and oxygen atoms in total. The fourth-order valence-electron chi connectivity index (χ4n) is 4.17. The van der Waals surface area contributed by atoms with E-state index in [9.17, 15) is 0 Å². The summed E-state index contributed by atoms with van der Waals surface area (Å²) in [6.07, 6.45) is 1.67. The zero-order valence-electron chi connectivity index (χ0n) is 19.4. The highest BCUT2D eigenvalue weighted by molar-refractivity contribution is 6.30. The molecule has 0 aliphatic carbocycles. The summed E-state index contributed by atoms with van der Waals surface area (Å²) >= 11 is 6.06. The predicted octanol–water partition coefficient (Wildman–Crippen LogP) is 7.91. The summed E-state index contributed by atoms with van der Waals surface area (Å²) in [4.78, 5) is 4.35. The lowest BCUT2D eigenvalue weighted by atomic mass is 10.0. The molecule has 176 valence electrons. The summed E-state index contributed by atoms with van der Waals surface area (Å²) in [6.45, 7) is 0. The third-order valence-electron chi connectivity index (χ3n) is 5.98. The van der Waals surface area contributed by atoms with Crippen molar-refractivity contribution in [2.24, 2.45) is 0 Å². The quantitative estimate of drug-likeness (QED) is 0.259. The van der Waals surface area contributed by atoms with Crippen LogP contribution in [-0.4, -0.2) is 15.2 Å². The molecule has 2 heterocycles. The Morgan fingerprint density at radius 1 is 0.784 bits per heavy atom. The first kappa shape index (κ1) is 22.5. The van der Waals surface area contributed by atoms with Crippen molar-refractivity contribution in [1.82, 2.24) is 15.2 Å². The molecule has 4 aromatic carbocycles. The molecule has 1 N–H and O–H groups in total. The van der Waals surface area contributed by atoms with Gasteiger partial charge in [-0.25, -0.2) is 0 Å². The first-order valence-corrected chi connectivity index (χ1v) is 11.9. The number of rotatable bonds is 5. The van der Waals surface area contributed by atoms with Gasteiger partial charge in [0, 0.05) is 38.6 Å². The number of hydrogen-bond donors (Lipinski definition) is 1. The van der Waals surface area contributed by atoms with Gasteiger partial charge in [-0.1, -0.05) is 48.0 Å². The molecular formula is C30H18ClN5O. The molecular weight excluding hydrogens is 482 g/mol. The third kappa shape index (κ3) is 4.52. The standard InChI is InChI=1S/C30H18ClN5O/c31-21-8-6-20(7-9-21)29-24-3-1-2-4-25(24)30(36-35-29)34-22-10-12-23(13-11-22)37-28-15-16-33-27-17-19(18-32)5-14-26(27)28/h1-17H,(H,34,36). The monoisotopic (exact) mass is 499 g/mol. The Bertz CT molecular complexity index is 1800. The maximum atomic E-state index is 9.14. The number of nitrogens with zero attached hydrogens (tertiary/aromatic N) is 4. The van der Waals surface area contributed by atoms with E-state index in [4.69, 9.17) is 21.6 Å². The Morgan fingerprint density at radius 3 is 2.35 bits per heavy atom. The number of pyridine rings is 1. The lowest BCUT2D eigenvalue weighted by Gasteiger charge is -2.12. The molecule has 6 rings (SSSR count). The zero-order valence-corrected chi connectivity index (χ0v) is 20.1. The molecule has 7 heteroatoms. The first-order valence-electron chi connectivity index (χ1n) is 11.5. The van der Waals surface area contributed by atoms with Gasteiger partial charge in [-0.2, -0.15) is 5.26 Å². The molecule has 0 saturated carbocycles. The summed E-state index contributed by atoms with van der Waals surface area (Å²) in [5, 5.41) is 25.0. The molecule has 0 unspecified atom stereocenters. The van der Waals surface area contributed by atoms with Crippen LogP contribution in [0.4, 0.5) is 11.5 Å². The highest BCUT2D eigenvalue weighted by Gasteiger charge is 2.12. The summed E-state index contributed by atoms with van der Waals surface area (Å²) < 4.78 is 6.13. The van der Waals surface area contributed by atoms with Gasteiger partial charge in [0.15, 0.2) is 5.82 Å². The van der Waals surface area contributed by atoms with Gasteiger partial charge in [-0.15, -0.1) is 10.2 Å². The van der Waals surface area contributed by atoms with Crippen LogP contribution in [0.15, 0.2) is 103 Å². The van der Waals surface area contributed by atoms with E-state index in [1.807, 2.05) is 84.9 Å². The second-order valence-corrected chi connectivity index (χ2v) is 8.79. The average molecular weight is 500 g/mol. The number of ether oxygens (including phenoxy) is 1. The second kappa shape index (κ2) is 9.57. The molecule has 0 spiro atoms. The van der Waals surface area contributed by atoms with E-state index in [1.54, 1.807) is 18.3 Å². The minimum atomic E-state index is 0.560. The SMILES string of the molecule is N#Cc1ccc2c(Oc3ccc(Nc4nnc(-c5ccc(Cl)cc5)c5ccccc45)cc3)ccnc2c1. The van der Waals surface area contributed by atoms with Crippen molar-refractivity contribution >= 4 is 44.8 Å². The van der Waals surface area contributed by atoms with Crippen LogP contribution in [0.5, 0.6) is 11.5 Å². The summed E-state index contributed by atoms with van der Waals surface area (Å²) in [5.41, 5.74) is 3.87. The van der Waals surface area contributed by atoms with Crippen molar-refractivity contribution in [2.45, 2.75) is 0 Å². The summed E-state index contributed by atoms with van der Waals surface area (Å²) in [7, 11) is 0. The van der Waals surface area contributed by atoms with Gasteiger partial charge in [0.2, 0.25) is 0 Å². The van der Waals surface area contributed by atoms with Crippen LogP contribution in [0.3, 0.4) is 0 Å². The number of aromatic nitrogens is 3. The molecule has 0 bridgehead atoms. The molecule has 0 fully saturated rings. The van der Waals surface area contributed by atoms with Crippen LogP contribution in [-0.2, 0) is 0 Å². The van der Waals surface area contributed by atoms with E-state index in [0.717, 1.165) is 33.1 Å². The normalized spacial score (nSPS) is 10.8. The van der Waals surface area contributed by atoms with E-state index >= 15 is 0 Å². The Kier molecular flexibility index (Phi) is 5.81.